The van der Waals surface area contributed by atoms with Crippen molar-refractivity contribution >= 4 is 17.8 Å². The van der Waals surface area contributed by atoms with Crippen molar-refractivity contribution in [3.05, 3.63) is 0 Å². The lowest BCUT2D eigenvalue weighted by atomic mass is 10.0. The Balaban J connectivity index is 4.32. The molecule has 5 N–H and O–H groups in total. The summed E-state index contributed by atoms with van der Waals surface area (Å²) in [5.74, 6) is -3.06. The molecule has 8 heteroatoms. The zero-order chi connectivity index (χ0) is 21.5. The van der Waals surface area contributed by atoms with Gasteiger partial charge in [0.25, 0.3) is 5.91 Å². The van der Waals surface area contributed by atoms with E-state index in [1.165, 1.54) is 32.1 Å². The van der Waals surface area contributed by atoms with Gasteiger partial charge in [0.2, 0.25) is 5.91 Å². The molecule has 0 aliphatic carbocycles. The van der Waals surface area contributed by atoms with E-state index in [4.69, 9.17) is 5.11 Å². The molecule has 2 amide bonds. The monoisotopic (exact) mass is 402 g/mol. The van der Waals surface area contributed by atoms with Gasteiger partial charge in [-0.15, -0.1) is 0 Å². The van der Waals surface area contributed by atoms with Crippen molar-refractivity contribution in [1.82, 2.24) is 10.6 Å². The number of carboxylic acids is 1. The van der Waals surface area contributed by atoms with Gasteiger partial charge in [0.1, 0.15) is 6.04 Å². The molecular formula is C20H38N2O6. The lowest BCUT2D eigenvalue weighted by Crippen LogP contribution is -2.53. The Hall–Kier alpha value is -1.67. The minimum Gasteiger partial charge on any atom is -0.479 e. The van der Waals surface area contributed by atoms with E-state index < -0.39 is 30.1 Å². The number of aliphatic carboxylic acids is 1. The maximum Gasteiger partial charge on any atom is 0.335 e. The molecule has 0 aromatic heterocycles. The molecule has 0 heterocycles. The Morgan fingerprint density at radius 1 is 0.821 bits per heavy atom. The quantitative estimate of drug-likeness (QED) is 0.249. The second kappa shape index (κ2) is 15.3. The number of carbonyl (C=O) groups excluding carboxylic acids is 2. The molecule has 0 saturated heterocycles. The van der Waals surface area contributed by atoms with Crippen molar-refractivity contribution in [1.29, 1.82) is 0 Å². The number of amides is 2. The number of carbonyl (C=O) groups is 3. The van der Waals surface area contributed by atoms with Gasteiger partial charge in [0.15, 0.2) is 12.2 Å². The molecule has 0 spiro atoms. The molecule has 164 valence electrons. The lowest BCUT2D eigenvalue weighted by molar-refractivity contribution is -0.158. The third-order valence-corrected chi connectivity index (χ3v) is 4.49. The van der Waals surface area contributed by atoms with Gasteiger partial charge in [-0.2, -0.15) is 0 Å². The van der Waals surface area contributed by atoms with Crippen LogP contribution >= 0.6 is 0 Å². The minimum absolute atomic E-state index is 0.0979. The maximum absolute atomic E-state index is 12.4. The number of unbranched alkanes of at least 4 members (excludes halogenated alkanes) is 7. The van der Waals surface area contributed by atoms with Gasteiger partial charge in [0, 0.05) is 6.54 Å². The number of aliphatic hydroxyl groups is 2. The summed E-state index contributed by atoms with van der Waals surface area (Å²) in [7, 11) is 0. The SMILES string of the molecule is CCCCCCCCCCNC(=O)[C@H](CC(C)C)NC(=O)[C@@H](O)[C@H](O)C(=O)O. The first-order chi connectivity index (χ1) is 13.2. The normalized spacial score (nSPS) is 14.4. The van der Waals surface area contributed by atoms with Crippen LogP contribution < -0.4 is 10.6 Å². The molecule has 0 saturated carbocycles. The summed E-state index contributed by atoms with van der Waals surface area (Å²) >= 11 is 0. The second-order valence-electron chi connectivity index (χ2n) is 7.68. The van der Waals surface area contributed by atoms with Crippen LogP contribution in [0.3, 0.4) is 0 Å². The van der Waals surface area contributed by atoms with Gasteiger partial charge < -0.3 is 26.0 Å². The number of hydrogen-bond acceptors (Lipinski definition) is 5. The number of carboxylic acid groups (broad SMARTS) is 1. The van der Waals surface area contributed by atoms with Crippen molar-refractivity contribution in [3.8, 4) is 0 Å². The third-order valence-electron chi connectivity index (χ3n) is 4.49. The van der Waals surface area contributed by atoms with Crippen LogP contribution in [0.5, 0.6) is 0 Å². The number of nitrogens with one attached hydrogen (secondary N) is 2. The predicted octanol–water partition coefficient (Wildman–Crippen LogP) is 1.58. The van der Waals surface area contributed by atoms with E-state index >= 15 is 0 Å². The van der Waals surface area contributed by atoms with E-state index in [9.17, 15) is 24.6 Å². The summed E-state index contributed by atoms with van der Waals surface area (Å²) in [6.07, 6.45) is 5.19. The standard InChI is InChI=1S/C20H38N2O6/c1-4-5-6-7-8-9-10-11-12-21-18(25)15(13-14(2)3)22-19(26)16(23)17(24)20(27)28/h14-17,23-24H,4-13H2,1-3H3,(H,21,25)(H,22,26)(H,27,28)/t15-,16-,17-/m0/s1. The molecule has 0 aliphatic rings. The Morgan fingerprint density at radius 2 is 1.36 bits per heavy atom. The number of hydrogen-bond donors (Lipinski definition) is 5. The Bertz CT molecular complexity index is 470. The molecule has 8 nitrogen and oxygen atoms in total. The molecule has 0 radical (unpaired) electrons. The van der Waals surface area contributed by atoms with Gasteiger partial charge in [-0.25, -0.2) is 4.79 Å². The van der Waals surface area contributed by atoms with Gasteiger partial charge >= 0.3 is 5.97 Å². The molecule has 0 bridgehead atoms. The summed E-state index contributed by atoms with van der Waals surface area (Å²) in [5, 5.41) is 32.7. The summed E-state index contributed by atoms with van der Waals surface area (Å²) < 4.78 is 0. The Morgan fingerprint density at radius 3 is 1.86 bits per heavy atom. The molecule has 0 fully saturated rings. The predicted molar refractivity (Wildman–Crippen MR) is 107 cm³/mol. The molecule has 0 aromatic rings. The van der Waals surface area contributed by atoms with Gasteiger partial charge in [-0.1, -0.05) is 65.7 Å². The first-order valence-corrected chi connectivity index (χ1v) is 10.4. The molecule has 28 heavy (non-hydrogen) atoms. The van der Waals surface area contributed by atoms with Crippen molar-refractivity contribution in [2.45, 2.75) is 96.8 Å². The highest BCUT2D eigenvalue weighted by Gasteiger charge is 2.32. The zero-order valence-electron chi connectivity index (χ0n) is 17.4. The van der Waals surface area contributed by atoms with Gasteiger partial charge in [-0.3, -0.25) is 9.59 Å². The fourth-order valence-electron chi connectivity index (χ4n) is 2.83. The van der Waals surface area contributed by atoms with E-state index in [1.54, 1.807) is 0 Å². The minimum atomic E-state index is -2.24. The molecule has 0 aromatic carbocycles. The summed E-state index contributed by atoms with van der Waals surface area (Å²) in [6.45, 7) is 6.45. The molecule has 0 unspecified atom stereocenters. The summed E-state index contributed by atoms with van der Waals surface area (Å²) in [6, 6.07) is -0.891. The van der Waals surface area contributed by atoms with Crippen LogP contribution in [0.25, 0.3) is 0 Å². The van der Waals surface area contributed by atoms with Crippen molar-refractivity contribution in [3.63, 3.8) is 0 Å². The van der Waals surface area contributed by atoms with Crippen molar-refractivity contribution in [2.75, 3.05) is 6.54 Å². The average molecular weight is 403 g/mol. The third kappa shape index (κ3) is 11.9. The zero-order valence-corrected chi connectivity index (χ0v) is 17.4. The van der Waals surface area contributed by atoms with Crippen LogP contribution in [0.15, 0.2) is 0 Å². The highest BCUT2D eigenvalue weighted by molar-refractivity contribution is 5.92. The van der Waals surface area contributed by atoms with Crippen LogP contribution in [-0.4, -0.2) is 57.9 Å². The topological polar surface area (TPSA) is 136 Å². The summed E-state index contributed by atoms with van der Waals surface area (Å²) in [4.78, 5) is 35.0. The van der Waals surface area contributed by atoms with E-state index in [-0.39, 0.29) is 11.8 Å². The molecule has 0 rings (SSSR count). The van der Waals surface area contributed by atoms with E-state index in [2.05, 4.69) is 17.6 Å². The van der Waals surface area contributed by atoms with Gasteiger partial charge in [0.05, 0.1) is 0 Å². The maximum atomic E-state index is 12.4. The lowest BCUT2D eigenvalue weighted by Gasteiger charge is -2.22. The molecule has 3 atom stereocenters. The van der Waals surface area contributed by atoms with E-state index in [0.717, 1.165) is 19.3 Å². The van der Waals surface area contributed by atoms with E-state index in [1.807, 2.05) is 13.8 Å². The summed E-state index contributed by atoms with van der Waals surface area (Å²) in [5.41, 5.74) is 0. The van der Waals surface area contributed by atoms with Crippen LogP contribution in [0.4, 0.5) is 0 Å². The van der Waals surface area contributed by atoms with Crippen LogP contribution in [-0.2, 0) is 14.4 Å². The van der Waals surface area contributed by atoms with Crippen LogP contribution in [0.1, 0.15) is 78.6 Å². The largest absolute Gasteiger partial charge is 0.479 e. The molecule has 0 aliphatic heterocycles. The number of rotatable bonds is 16. The highest BCUT2D eigenvalue weighted by Crippen LogP contribution is 2.09. The van der Waals surface area contributed by atoms with Crippen molar-refractivity contribution in [2.24, 2.45) is 5.92 Å². The fraction of sp³-hybridized carbons (Fsp3) is 0.850. The molecular weight excluding hydrogens is 364 g/mol. The van der Waals surface area contributed by atoms with Gasteiger partial charge in [-0.05, 0) is 18.8 Å². The average Bonchev–Trinajstić information content (AvgIpc) is 2.64. The number of aliphatic hydroxyl groups excluding tert-OH is 2. The Kier molecular flexibility index (Phi) is 14.4. The van der Waals surface area contributed by atoms with Crippen LogP contribution in [0, 0.1) is 5.92 Å². The highest BCUT2D eigenvalue weighted by atomic mass is 16.4. The first-order valence-electron chi connectivity index (χ1n) is 10.4. The van der Waals surface area contributed by atoms with Crippen LogP contribution in [0.2, 0.25) is 0 Å². The smallest absolute Gasteiger partial charge is 0.335 e. The van der Waals surface area contributed by atoms with Crippen molar-refractivity contribution < 1.29 is 29.7 Å². The first kappa shape index (κ1) is 26.3. The second-order valence-corrected chi connectivity index (χ2v) is 7.68. The fourth-order valence-corrected chi connectivity index (χ4v) is 2.83. The Labute approximate surface area is 168 Å². The van der Waals surface area contributed by atoms with E-state index in [0.29, 0.717) is 13.0 Å².